The Kier molecular flexibility index (Phi) is 3.88. The van der Waals surface area contributed by atoms with E-state index < -0.39 is 18.6 Å². The van der Waals surface area contributed by atoms with Gasteiger partial charge in [-0.1, -0.05) is 12.1 Å². The molecule has 5 heteroatoms. The van der Waals surface area contributed by atoms with Crippen molar-refractivity contribution in [2.24, 2.45) is 0 Å². The van der Waals surface area contributed by atoms with Crippen molar-refractivity contribution in [1.29, 1.82) is 0 Å². The van der Waals surface area contributed by atoms with Crippen LogP contribution in [0, 0.1) is 13.8 Å². The maximum atomic E-state index is 11.2. The fourth-order valence-electron chi connectivity index (χ4n) is 1.10. The highest BCUT2D eigenvalue weighted by Gasteiger charge is 2.08. The van der Waals surface area contributed by atoms with Crippen molar-refractivity contribution < 1.29 is 19.4 Å². The zero-order valence-electron chi connectivity index (χ0n) is 9.11. The highest BCUT2D eigenvalue weighted by Crippen LogP contribution is 2.18. The summed E-state index contributed by atoms with van der Waals surface area (Å²) < 4.78 is 4.96. The van der Waals surface area contributed by atoms with Crippen LogP contribution in [0.4, 0.5) is 4.79 Å². The molecule has 2 N–H and O–H groups in total. The van der Waals surface area contributed by atoms with Crippen LogP contribution >= 0.6 is 0 Å². The largest absolute Gasteiger partial charge is 0.480 e. The van der Waals surface area contributed by atoms with Gasteiger partial charge in [-0.05, 0) is 31.0 Å². The molecule has 0 aliphatic rings. The van der Waals surface area contributed by atoms with Gasteiger partial charge in [0.2, 0.25) is 0 Å². The molecule has 1 aromatic rings. The summed E-state index contributed by atoms with van der Waals surface area (Å²) in [5, 5.41) is 10.5. The molecule has 1 rings (SSSR count). The normalized spacial score (nSPS) is 9.62. The molecule has 0 aromatic heterocycles. The molecule has 5 nitrogen and oxygen atoms in total. The van der Waals surface area contributed by atoms with E-state index in [4.69, 9.17) is 9.84 Å². The second kappa shape index (κ2) is 5.16. The van der Waals surface area contributed by atoms with Gasteiger partial charge < -0.3 is 15.2 Å². The average molecular weight is 223 g/mol. The summed E-state index contributed by atoms with van der Waals surface area (Å²) in [5.41, 5.74) is 1.78. The minimum atomic E-state index is -1.11. The topological polar surface area (TPSA) is 75.6 Å². The summed E-state index contributed by atoms with van der Waals surface area (Å²) >= 11 is 0. The Bertz CT molecular complexity index is 414. The number of aliphatic carboxylic acids is 1. The zero-order chi connectivity index (χ0) is 12.1. The lowest BCUT2D eigenvalue weighted by molar-refractivity contribution is -0.135. The third-order valence-corrected chi connectivity index (χ3v) is 1.93. The molecule has 0 saturated carbocycles. The van der Waals surface area contributed by atoms with Gasteiger partial charge >= 0.3 is 12.1 Å². The fraction of sp³-hybridized carbons (Fsp3) is 0.273. The second-order valence-electron chi connectivity index (χ2n) is 3.41. The highest BCUT2D eigenvalue weighted by molar-refractivity contribution is 5.77. The van der Waals surface area contributed by atoms with E-state index in [2.05, 4.69) is 5.32 Å². The molecule has 0 unspecified atom stereocenters. The summed E-state index contributed by atoms with van der Waals surface area (Å²) in [6.45, 7) is 3.23. The molecular weight excluding hydrogens is 210 g/mol. The summed E-state index contributed by atoms with van der Waals surface area (Å²) in [5.74, 6) is -0.680. The predicted octanol–water partition coefficient (Wildman–Crippen LogP) is 1.48. The van der Waals surface area contributed by atoms with Crippen molar-refractivity contribution in [3.05, 3.63) is 29.3 Å². The first-order valence-corrected chi connectivity index (χ1v) is 4.74. The van der Waals surface area contributed by atoms with E-state index in [1.54, 1.807) is 13.0 Å². The first-order chi connectivity index (χ1) is 7.49. The first-order valence-electron chi connectivity index (χ1n) is 4.74. The summed E-state index contributed by atoms with van der Waals surface area (Å²) in [4.78, 5) is 21.4. The van der Waals surface area contributed by atoms with Crippen LogP contribution in [0.15, 0.2) is 18.2 Å². The lowest BCUT2D eigenvalue weighted by atomic mass is 10.1. The molecule has 0 heterocycles. The third-order valence-electron chi connectivity index (χ3n) is 1.93. The maximum Gasteiger partial charge on any atom is 0.413 e. The summed E-state index contributed by atoms with van der Waals surface area (Å²) in [6.07, 6.45) is -0.767. The molecule has 0 spiro atoms. The molecule has 0 saturated heterocycles. The number of carbonyl (C=O) groups excluding carboxylic acids is 1. The van der Waals surface area contributed by atoms with Crippen molar-refractivity contribution in [2.45, 2.75) is 13.8 Å². The van der Waals surface area contributed by atoms with Crippen LogP contribution < -0.4 is 10.1 Å². The number of nitrogens with one attached hydrogen (secondary N) is 1. The number of carboxylic acids is 1. The van der Waals surface area contributed by atoms with Gasteiger partial charge in [0.25, 0.3) is 0 Å². The minimum absolute atomic E-state index is 0.433. The Morgan fingerprint density at radius 3 is 2.69 bits per heavy atom. The number of benzene rings is 1. The van der Waals surface area contributed by atoms with Crippen LogP contribution in [-0.4, -0.2) is 23.7 Å². The lowest BCUT2D eigenvalue weighted by Gasteiger charge is -2.08. The molecule has 16 heavy (non-hydrogen) atoms. The number of aryl methyl sites for hydroxylation is 2. The second-order valence-corrected chi connectivity index (χ2v) is 3.41. The molecule has 0 atom stereocenters. The minimum Gasteiger partial charge on any atom is -0.480 e. The molecule has 0 bridgehead atoms. The van der Waals surface area contributed by atoms with Crippen molar-refractivity contribution in [3.8, 4) is 5.75 Å². The van der Waals surface area contributed by atoms with Crippen LogP contribution in [0.1, 0.15) is 11.1 Å². The van der Waals surface area contributed by atoms with Gasteiger partial charge in [-0.3, -0.25) is 4.79 Å². The summed E-state index contributed by atoms with van der Waals surface area (Å²) in [6, 6.07) is 5.45. The zero-order valence-corrected chi connectivity index (χ0v) is 9.11. The predicted molar refractivity (Wildman–Crippen MR) is 57.6 cm³/mol. The van der Waals surface area contributed by atoms with Crippen molar-refractivity contribution in [2.75, 3.05) is 6.54 Å². The Morgan fingerprint density at radius 2 is 2.06 bits per heavy atom. The number of carbonyl (C=O) groups is 2. The molecule has 0 radical (unpaired) electrons. The van der Waals surface area contributed by atoms with Crippen LogP contribution in [0.3, 0.4) is 0 Å². The number of rotatable bonds is 3. The first kappa shape index (κ1) is 12.0. The standard InChI is InChI=1S/C11H13NO4/c1-7-3-4-8(2)9(5-7)16-11(15)12-6-10(13)14/h3-5H,6H2,1-2H3,(H,12,15)(H,13,14). The van der Waals surface area contributed by atoms with Gasteiger partial charge in [0.05, 0.1) is 0 Å². The number of hydrogen-bond acceptors (Lipinski definition) is 3. The average Bonchev–Trinajstić information content (AvgIpc) is 2.20. The van der Waals surface area contributed by atoms with Gasteiger partial charge in [0.1, 0.15) is 12.3 Å². The fourth-order valence-corrected chi connectivity index (χ4v) is 1.10. The van der Waals surface area contributed by atoms with Crippen LogP contribution in [0.5, 0.6) is 5.75 Å². The monoisotopic (exact) mass is 223 g/mol. The van der Waals surface area contributed by atoms with E-state index in [9.17, 15) is 9.59 Å². The highest BCUT2D eigenvalue weighted by atomic mass is 16.6. The molecule has 0 aliphatic carbocycles. The van der Waals surface area contributed by atoms with E-state index in [0.717, 1.165) is 11.1 Å². The Morgan fingerprint density at radius 1 is 1.38 bits per heavy atom. The van der Waals surface area contributed by atoms with Crippen molar-refractivity contribution in [1.82, 2.24) is 5.32 Å². The molecular formula is C11H13NO4. The van der Waals surface area contributed by atoms with Gasteiger partial charge in [-0.25, -0.2) is 4.79 Å². The van der Waals surface area contributed by atoms with E-state index in [1.807, 2.05) is 19.1 Å². The van der Waals surface area contributed by atoms with Crippen LogP contribution in [-0.2, 0) is 4.79 Å². The number of carboxylic acid groups (broad SMARTS) is 1. The SMILES string of the molecule is Cc1ccc(C)c(OC(=O)NCC(=O)O)c1. The molecule has 1 aromatic carbocycles. The Balaban J connectivity index is 2.62. The number of amides is 1. The van der Waals surface area contributed by atoms with Crippen molar-refractivity contribution in [3.63, 3.8) is 0 Å². The molecule has 1 amide bonds. The number of hydrogen-bond donors (Lipinski definition) is 2. The van der Waals surface area contributed by atoms with E-state index in [0.29, 0.717) is 5.75 Å². The van der Waals surface area contributed by atoms with E-state index in [1.165, 1.54) is 0 Å². The third kappa shape index (κ3) is 3.61. The van der Waals surface area contributed by atoms with Gasteiger partial charge in [0.15, 0.2) is 0 Å². The lowest BCUT2D eigenvalue weighted by Crippen LogP contribution is -2.31. The van der Waals surface area contributed by atoms with Gasteiger partial charge in [-0.15, -0.1) is 0 Å². The van der Waals surface area contributed by atoms with E-state index >= 15 is 0 Å². The smallest absolute Gasteiger partial charge is 0.413 e. The maximum absolute atomic E-state index is 11.2. The summed E-state index contributed by atoms with van der Waals surface area (Å²) in [7, 11) is 0. The number of ether oxygens (including phenoxy) is 1. The van der Waals surface area contributed by atoms with Gasteiger partial charge in [-0.2, -0.15) is 0 Å². The molecule has 86 valence electrons. The molecule has 0 fully saturated rings. The molecule has 0 aliphatic heterocycles. The van der Waals surface area contributed by atoms with Crippen LogP contribution in [0.2, 0.25) is 0 Å². The Hall–Kier alpha value is -2.04. The Labute approximate surface area is 93.0 Å². The van der Waals surface area contributed by atoms with E-state index in [-0.39, 0.29) is 0 Å². The van der Waals surface area contributed by atoms with Crippen molar-refractivity contribution >= 4 is 12.1 Å². The van der Waals surface area contributed by atoms with Crippen LogP contribution in [0.25, 0.3) is 0 Å². The van der Waals surface area contributed by atoms with Gasteiger partial charge in [0, 0.05) is 0 Å². The quantitative estimate of drug-likeness (QED) is 0.813.